The van der Waals surface area contributed by atoms with Crippen LogP contribution in [0.3, 0.4) is 0 Å². The molecule has 0 bridgehead atoms. The van der Waals surface area contributed by atoms with Crippen molar-refractivity contribution >= 4 is 19.7 Å². The van der Waals surface area contributed by atoms with Gasteiger partial charge in [-0.2, -0.15) is 0 Å². The van der Waals surface area contributed by atoms with E-state index in [-0.39, 0.29) is 6.54 Å². The zero-order valence-electron chi connectivity index (χ0n) is 7.72. The number of hydrogen-bond acceptors (Lipinski definition) is 5. The lowest BCUT2D eigenvalue weighted by Gasteiger charge is -2.14. The predicted octanol–water partition coefficient (Wildman–Crippen LogP) is 0.168. The largest absolute Gasteiger partial charge is 0.260 e. The third-order valence-corrected chi connectivity index (χ3v) is 4.15. The van der Waals surface area contributed by atoms with Crippen LogP contribution in [0.15, 0.2) is 24.4 Å². The molecule has 0 radical (unpaired) electrons. The number of hydrogen-bond donors (Lipinski definition) is 2. The summed E-state index contributed by atoms with van der Waals surface area (Å²) in [6, 6.07) is 4.95. The number of nitrogens with zero attached hydrogens (tertiary/aromatic N) is 1. The minimum Gasteiger partial charge on any atom is -0.260 e. The van der Waals surface area contributed by atoms with E-state index in [1.54, 1.807) is 24.4 Å². The normalized spacial score (nSPS) is 26.7. The van der Waals surface area contributed by atoms with Crippen LogP contribution in [-0.4, -0.2) is 25.2 Å². The van der Waals surface area contributed by atoms with Gasteiger partial charge in [0, 0.05) is 23.4 Å². The van der Waals surface area contributed by atoms with E-state index in [4.69, 9.17) is 10.7 Å². The maximum absolute atomic E-state index is 11.3. The Balaban J connectivity index is 2.30. The van der Waals surface area contributed by atoms with Crippen LogP contribution in [0.2, 0.25) is 0 Å². The molecule has 2 rings (SSSR count). The van der Waals surface area contributed by atoms with Gasteiger partial charge in [-0.25, -0.2) is 13.8 Å². The van der Waals surface area contributed by atoms with Crippen molar-refractivity contribution in [1.82, 2.24) is 15.8 Å². The summed E-state index contributed by atoms with van der Waals surface area (Å²) in [4.78, 5) is 4.10. The standard InChI is InChI=1S/C8H10ClN3O2S/c9-15(13,14)7-5-11-12-8(7)6-3-1-2-4-10-6/h1-4,7-8,11-12H,5H2. The van der Waals surface area contributed by atoms with Crippen molar-refractivity contribution in [3.8, 4) is 0 Å². The number of halogens is 1. The van der Waals surface area contributed by atoms with Gasteiger partial charge in [0.2, 0.25) is 9.05 Å². The Kier molecular flexibility index (Phi) is 2.92. The molecule has 1 aromatic rings. The van der Waals surface area contributed by atoms with Crippen molar-refractivity contribution in [3.05, 3.63) is 30.1 Å². The average Bonchev–Trinajstić information content (AvgIpc) is 2.67. The minimum atomic E-state index is -3.59. The van der Waals surface area contributed by atoms with E-state index in [1.165, 1.54) is 0 Å². The Hall–Kier alpha value is -0.690. The van der Waals surface area contributed by atoms with Gasteiger partial charge in [-0.1, -0.05) is 6.07 Å². The molecule has 5 nitrogen and oxygen atoms in total. The minimum absolute atomic E-state index is 0.285. The smallest absolute Gasteiger partial charge is 0.238 e. The van der Waals surface area contributed by atoms with Crippen molar-refractivity contribution in [1.29, 1.82) is 0 Å². The fraction of sp³-hybridized carbons (Fsp3) is 0.375. The molecule has 0 aromatic carbocycles. The zero-order valence-corrected chi connectivity index (χ0v) is 9.29. The van der Waals surface area contributed by atoms with E-state index < -0.39 is 20.3 Å². The van der Waals surface area contributed by atoms with Gasteiger partial charge in [0.25, 0.3) is 0 Å². The van der Waals surface area contributed by atoms with Gasteiger partial charge in [-0.3, -0.25) is 10.4 Å². The van der Waals surface area contributed by atoms with Crippen molar-refractivity contribution in [2.75, 3.05) is 6.54 Å². The van der Waals surface area contributed by atoms with Gasteiger partial charge in [-0.05, 0) is 12.1 Å². The van der Waals surface area contributed by atoms with E-state index in [0.29, 0.717) is 5.69 Å². The van der Waals surface area contributed by atoms with E-state index in [2.05, 4.69) is 15.8 Å². The maximum Gasteiger partial charge on any atom is 0.238 e. The number of hydrazine groups is 1. The van der Waals surface area contributed by atoms with Crippen molar-refractivity contribution < 1.29 is 8.42 Å². The summed E-state index contributed by atoms with van der Waals surface area (Å²) in [5.74, 6) is 0. The van der Waals surface area contributed by atoms with Crippen LogP contribution in [0, 0.1) is 0 Å². The molecule has 2 heterocycles. The fourth-order valence-electron chi connectivity index (χ4n) is 1.57. The van der Waals surface area contributed by atoms with E-state index >= 15 is 0 Å². The third-order valence-electron chi connectivity index (χ3n) is 2.30. The lowest BCUT2D eigenvalue weighted by molar-refractivity contribution is 0.553. The quantitative estimate of drug-likeness (QED) is 0.729. The Bertz CT molecular complexity index is 436. The maximum atomic E-state index is 11.3. The highest BCUT2D eigenvalue weighted by atomic mass is 35.7. The van der Waals surface area contributed by atoms with Gasteiger partial charge in [0.05, 0.1) is 11.7 Å². The summed E-state index contributed by atoms with van der Waals surface area (Å²) in [7, 11) is 1.76. The van der Waals surface area contributed by atoms with Crippen LogP contribution in [0.25, 0.3) is 0 Å². The van der Waals surface area contributed by atoms with E-state index in [0.717, 1.165) is 0 Å². The first-order valence-corrected chi connectivity index (χ1v) is 6.79. The molecular formula is C8H10ClN3O2S. The Morgan fingerprint density at radius 1 is 1.47 bits per heavy atom. The topological polar surface area (TPSA) is 71.1 Å². The number of rotatable bonds is 2. The molecule has 2 atom stereocenters. The molecule has 0 aliphatic carbocycles. The van der Waals surface area contributed by atoms with Crippen LogP contribution in [0.5, 0.6) is 0 Å². The third kappa shape index (κ3) is 2.28. The lowest BCUT2D eigenvalue weighted by atomic mass is 10.1. The first-order valence-electron chi connectivity index (χ1n) is 4.42. The molecule has 0 spiro atoms. The molecular weight excluding hydrogens is 238 g/mol. The van der Waals surface area contributed by atoms with Crippen LogP contribution in [0.4, 0.5) is 0 Å². The highest BCUT2D eigenvalue weighted by molar-refractivity contribution is 8.14. The second-order valence-electron chi connectivity index (χ2n) is 3.27. The van der Waals surface area contributed by atoms with Crippen molar-refractivity contribution in [2.24, 2.45) is 0 Å². The Labute approximate surface area is 92.2 Å². The summed E-state index contributed by atoms with van der Waals surface area (Å²) in [5, 5.41) is -0.686. The molecule has 1 aliphatic heterocycles. The average molecular weight is 248 g/mol. The summed E-state index contributed by atoms with van der Waals surface area (Å²) >= 11 is 0. The van der Waals surface area contributed by atoms with Crippen LogP contribution < -0.4 is 10.9 Å². The molecule has 15 heavy (non-hydrogen) atoms. The molecule has 1 aliphatic rings. The van der Waals surface area contributed by atoms with E-state index in [9.17, 15) is 8.42 Å². The van der Waals surface area contributed by atoms with Crippen LogP contribution in [0.1, 0.15) is 11.7 Å². The molecule has 2 unspecified atom stereocenters. The van der Waals surface area contributed by atoms with E-state index in [1.807, 2.05) is 0 Å². The molecule has 7 heteroatoms. The first kappa shape index (κ1) is 10.8. The zero-order chi connectivity index (χ0) is 10.9. The predicted molar refractivity (Wildman–Crippen MR) is 56.7 cm³/mol. The second-order valence-corrected chi connectivity index (χ2v) is 6.12. The summed E-state index contributed by atoms with van der Waals surface area (Å²) < 4.78 is 22.5. The van der Waals surface area contributed by atoms with Crippen LogP contribution in [-0.2, 0) is 9.05 Å². The molecule has 82 valence electrons. The summed E-state index contributed by atoms with van der Waals surface area (Å²) in [6.45, 7) is 0.285. The second kappa shape index (κ2) is 4.05. The van der Waals surface area contributed by atoms with Gasteiger partial charge < -0.3 is 0 Å². The first-order chi connectivity index (χ1) is 7.09. The summed E-state index contributed by atoms with van der Waals surface area (Å²) in [5.41, 5.74) is 6.29. The number of pyridine rings is 1. The Morgan fingerprint density at radius 3 is 2.87 bits per heavy atom. The van der Waals surface area contributed by atoms with Gasteiger partial charge in [0.1, 0.15) is 5.25 Å². The molecule has 1 fully saturated rings. The van der Waals surface area contributed by atoms with Gasteiger partial charge >= 0.3 is 0 Å². The molecule has 2 N–H and O–H groups in total. The summed E-state index contributed by atoms with van der Waals surface area (Å²) in [6.07, 6.45) is 1.62. The van der Waals surface area contributed by atoms with Gasteiger partial charge in [-0.15, -0.1) is 0 Å². The van der Waals surface area contributed by atoms with Crippen molar-refractivity contribution in [2.45, 2.75) is 11.3 Å². The molecule has 0 amide bonds. The lowest BCUT2D eigenvalue weighted by Crippen LogP contribution is -2.28. The highest BCUT2D eigenvalue weighted by Crippen LogP contribution is 2.25. The molecule has 0 saturated carbocycles. The Morgan fingerprint density at radius 2 is 2.27 bits per heavy atom. The SMILES string of the molecule is O=S(=O)(Cl)C1CNNC1c1ccccn1. The van der Waals surface area contributed by atoms with Crippen LogP contribution >= 0.6 is 10.7 Å². The number of aromatic nitrogens is 1. The monoisotopic (exact) mass is 247 g/mol. The van der Waals surface area contributed by atoms with Gasteiger partial charge in [0.15, 0.2) is 0 Å². The fourth-order valence-corrected chi connectivity index (χ4v) is 2.88. The molecule has 1 saturated heterocycles. The number of nitrogens with one attached hydrogen (secondary N) is 2. The highest BCUT2D eigenvalue weighted by Gasteiger charge is 2.37. The molecule has 1 aromatic heterocycles. The van der Waals surface area contributed by atoms with Crippen molar-refractivity contribution in [3.63, 3.8) is 0 Å².